The normalized spacial score (nSPS) is 35.8. The van der Waals surface area contributed by atoms with Crippen LogP contribution in [0.1, 0.15) is 74.8 Å². The smallest absolute Gasteiger partial charge is 0.374 e. The van der Waals surface area contributed by atoms with Crippen molar-refractivity contribution in [2.24, 2.45) is 17.3 Å². The zero-order valence-corrected chi connectivity index (χ0v) is 21.9. The van der Waals surface area contributed by atoms with Gasteiger partial charge in [0.1, 0.15) is 23.9 Å². The summed E-state index contributed by atoms with van der Waals surface area (Å²) >= 11 is 0. The first kappa shape index (κ1) is 25.5. The van der Waals surface area contributed by atoms with Gasteiger partial charge in [0.2, 0.25) is 5.76 Å². The maximum Gasteiger partial charge on any atom is 0.374 e. The molecule has 1 spiro atoms. The van der Waals surface area contributed by atoms with Gasteiger partial charge in [-0.1, -0.05) is 25.1 Å². The van der Waals surface area contributed by atoms with Crippen LogP contribution in [0.4, 0.5) is 0 Å². The number of furan rings is 1. The molecule has 2 saturated carbocycles. The van der Waals surface area contributed by atoms with Crippen LogP contribution < -0.4 is 0 Å². The number of benzene rings is 1. The fourth-order valence-corrected chi connectivity index (χ4v) is 7.13. The van der Waals surface area contributed by atoms with Crippen LogP contribution in [0.25, 0.3) is 0 Å². The molecule has 8 heteroatoms. The first-order valence-corrected chi connectivity index (χ1v) is 12.9. The zero-order valence-electron chi connectivity index (χ0n) is 21.9. The number of fused-ring (bicyclic) bond motifs is 1. The van der Waals surface area contributed by atoms with Crippen molar-refractivity contribution in [2.45, 2.75) is 83.4 Å². The molecule has 2 heterocycles. The van der Waals surface area contributed by atoms with E-state index in [1.807, 2.05) is 26.8 Å². The third-order valence-electron chi connectivity index (χ3n) is 8.88. The zero-order chi connectivity index (χ0) is 26.6. The highest BCUT2D eigenvalue weighted by molar-refractivity contribution is 5.89. The summed E-state index contributed by atoms with van der Waals surface area (Å²) in [6.45, 7) is 9.34. The molecule has 2 aliphatic carbocycles. The van der Waals surface area contributed by atoms with E-state index in [4.69, 9.17) is 23.4 Å². The van der Waals surface area contributed by atoms with Crippen LogP contribution in [0.15, 0.2) is 53.1 Å². The number of carbonyl (C=O) groups excluding carboxylic acids is 3. The van der Waals surface area contributed by atoms with Crippen LogP contribution in [0, 0.1) is 17.3 Å². The van der Waals surface area contributed by atoms with Crippen molar-refractivity contribution in [3.8, 4) is 0 Å². The first-order chi connectivity index (χ1) is 17.5. The van der Waals surface area contributed by atoms with Gasteiger partial charge in [-0.25, -0.2) is 9.59 Å². The lowest BCUT2D eigenvalue weighted by molar-refractivity contribution is -0.283. The highest BCUT2D eigenvalue weighted by atomic mass is 16.6. The average molecular weight is 511 g/mol. The highest BCUT2D eigenvalue weighted by Gasteiger charge is 2.79. The number of hydrogen-bond donors (Lipinski definition) is 0. The summed E-state index contributed by atoms with van der Waals surface area (Å²) in [7, 11) is 0. The minimum absolute atomic E-state index is 0.0822. The van der Waals surface area contributed by atoms with E-state index in [-0.39, 0.29) is 17.6 Å². The number of hydrogen-bond acceptors (Lipinski definition) is 8. The second kappa shape index (κ2) is 9.01. The third-order valence-corrected chi connectivity index (χ3v) is 8.88. The van der Waals surface area contributed by atoms with Crippen LogP contribution in [0.2, 0.25) is 0 Å². The van der Waals surface area contributed by atoms with E-state index in [0.717, 1.165) is 0 Å². The minimum Gasteiger partial charge on any atom is -0.462 e. The van der Waals surface area contributed by atoms with Gasteiger partial charge in [-0.2, -0.15) is 0 Å². The molecule has 0 amide bonds. The van der Waals surface area contributed by atoms with E-state index in [0.29, 0.717) is 24.8 Å². The van der Waals surface area contributed by atoms with Gasteiger partial charge in [-0.15, -0.1) is 0 Å². The Balaban J connectivity index is 1.61. The van der Waals surface area contributed by atoms with E-state index in [9.17, 15) is 14.4 Å². The molecular weight excluding hydrogens is 476 g/mol. The number of esters is 3. The highest BCUT2D eigenvalue weighted by Crippen LogP contribution is 2.67. The molecule has 1 aromatic carbocycles. The summed E-state index contributed by atoms with van der Waals surface area (Å²) in [6, 6.07) is 12.0. The molecule has 8 nitrogen and oxygen atoms in total. The Hall–Kier alpha value is -3.13. The molecule has 1 aliphatic heterocycles. The summed E-state index contributed by atoms with van der Waals surface area (Å²) in [5.41, 5.74) is -2.32. The molecule has 37 heavy (non-hydrogen) atoms. The predicted molar refractivity (Wildman–Crippen MR) is 132 cm³/mol. The molecule has 5 rings (SSSR count). The Morgan fingerprint density at radius 2 is 1.62 bits per heavy atom. The Morgan fingerprint density at radius 3 is 2.27 bits per heavy atom. The van der Waals surface area contributed by atoms with Gasteiger partial charge >= 0.3 is 17.9 Å². The van der Waals surface area contributed by atoms with Crippen LogP contribution >= 0.6 is 0 Å². The molecule has 1 saturated heterocycles. The van der Waals surface area contributed by atoms with Crippen molar-refractivity contribution >= 4 is 17.9 Å². The first-order valence-electron chi connectivity index (χ1n) is 12.9. The number of carbonyl (C=O) groups is 3. The SMILES string of the molecule is CC(=O)O[C@H]1CC[C@@H](C)[C@]23OC(C)(C)[C@H](C[C@H](OC(=O)c4ccccc4)[C@]12C)[C@H]3OC(=O)c1ccco1. The predicted octanol–water partition coefficient (Wildman–Crippen LogP) is 4.97. The number of ether oxygens (including phenoxy) is 4. The van der Waals surface area contributed by atoms with Crippen LogP contribution in [0.3, 0.4) is 0 Å². The van der Waals surface area contributed by atoms with Gasteiger partial charge in [-0.3, -0.25) is 4.79 Å². The van der Waals surface area contributed by atoms with E-state index in [1.165, 1.54) is 13.2 Å². The van der Waals surface area contributed by atoms with Gasteiger partial charge in [0.05, 0.1) is 22.8 Å². The third kappa shape index (κ3) is 3.88. The summed E-state index contributed by atoms with van der Waals surface area (Å²) in [6.07, 6.45) is 1.16. The quantitative estimate of drug-likeness (QED) is 0.411. The van der Waals surface area contributed by atoms with Crippen molar-refractivity contribution in [1.82, 2.24) is 0 Å². The average Bonchev–Trinajstić information content (AvgIpc) is 3.44. The van der Waals surface area contributed by atoms with Crippen molar-refractivity contribution in [3.63, 3.8) is 0 Å². The molecule has 1 aromatic heterocycles. The van der Waals surface area contributed by atoms with Crippen molar-refractivity contribution in [1.29, 1.82) is 0 Å². The maximum atomic E-state index is 13.3. The lowest BCUT2D eigenvalue weighted by atomic mass is 9.49. The van der Waals surface area contributed by atoms with Gasteiger partial charge in [0.15, 0.2) is 0 Å². The van der Waals surface area contributed by atoms with Crippen molar-refractivity contribution < 1.29 is 37.7 Å². The second-order valence-electron chi connectivity index (χ2n) is 11.3. The fourth-order valence-electron chi connectivity index (χ4n) is 7.13. The lowest BCUT2D eigenvalue weighted by Crippen LogP contribution is -2.73. The molecule has 2 aromatic rings. The molecule has 0 unspecified atom stereocenters. The molecule has 2 bridgehead atoms. The van der Waals surface area contributed by atoms with Crippen LogP contribution in [-0.2, 0) is 23.7 Å². The Morgan fingerprint density at radius 1 is 0.892 bits per heavy atom. The van der Waals surface area contributed by atoms with E-state index in [2.05, 4.69) is 6.92 Å². The lowest BCUT2D eigenvalue weighted by Gasteiger charge is -2.61. The molecule has 3 fully saturated rings. The number of rotatable bonds is 5. The van der Waals surface area contributed by atoms with Crippen molar-refractivity contribution in [3.05, 3.63) is 60.1 Å². The summed E-state index contributed by atoms with van der Waals surface area (Å²) in [5, 5.41) is 0. The monoisotopic (exact) mass is 510 g/mol. The Labute approximate surface area is 216 Å². The fraction of sp³-hybridized carbons (Fsp3) is 0.552. The van der Waals surface area contributed by atoms with Gasteiger partial charge in [0, 0.05) is 12.8 Å². The molecule has 0 N–H and O–H groups in total. The van der Waals surface area contributed by atoms with Gasteiger partial charge < -0.3 is 23.4 Å². The van der Waals surface area contributed by atoms with Gasteiger partial charge in [-0.05, 0) is 70.2 Å². The van der Waals surface area contributed by atoms with E-state index >= 15 is 0 Å². The summed E-state index contributed by atoms with van der Waals surface area (Å²) in [5.74, 6) is -1.71. The second-order valence-corrected chi connectivity index (χ2v) is 11.3. The van der Waals surface area contributed by atoms with Crippen LogP contribution in [-0.4, -0.2) is 47.4 Å². The summed E-state index contributed by atoms with van der Waals surface area (Å²) < 4.78 is 30.6. The van der Waals surface area contributed by atoms with Crippen LogP contribution in [0.5, 0.6) is 0 Å². The molecule has 198 valence electrons. The Bertz CT molecular complexity index is 1170. The molecular formula is C29H34O8. The van der Waals surface area contributed by atoms with Crippen molar-refractivity contribution in [2.75, 3.05) is 0 Å². The molecule has 7 atom stereocenters. The summed E-state index contributed by atoms with van der Waals surface area (Å²) in [4.78, 5) is 38.7. The standard InChI is InChI=1S/C29H34O8/c1-17-13-14-22(34-18(2)30)28(5)23(35-25(31)19-10-7-6-8-11-19)16-20-24(29(17,28)37-27(20,3)4)36-26(32)21-12-9-15-33-21/h6-12,15,17,20,22-24H,13-14,16H2,1-5H3/t17-,20-,22+,23+,24-,28+,29-/m1/s1. The van der Waals surface area contributed by atoms with E-state index in [1.54, 1.807) is 36.4 Å². The van der Waals surface area contributed by atoms with E-state index < -0.39 is 52.8 Å². The molecule has 0 radical (unpaired) electrons. The Kier molecular flexibility index (Phi) is 6.21. The molecule has 3 aliphatic rings. The maximum absolute atomic E-state index is 13.3. The topological polar surface area (TPSA) is 101 Å². The largest absolute Gasteiger partial charge is 0.462 e. The van der Waals surface area contributed by atoms with Gasteiger partial charge in [0.25, 0.3) is 0 Å². The minimum atomic E-state index is -1.07.